The van der Waals surface area contributed by atoms with Crippen LogP contribution in [0.1, 0.15) is 0 Å². The molecule has 0 unspecified atom stereocenters. The zero-order chi connectivity index (χ0) is 13.4. The van der Waals surface area contributed by atoms with Gasteiger partial charge in [0.05, 0.1) is 38.8 Å². The number of halogens is 2. The lowest BCUT2D eigenvalue weighted by Gasteiger charge is -2.11. The first-order chi connectivity index (χ1) is 9.16. The molecule has 0 saturated heterocycles. The van der Waals surface area contributed by atoms with Crippen LogP contribution in [-0.2, 0) is 0 Å². The monoisotopic (exact) mass is 310 g/mol. The summed E-state index contributed by atoms with van der Waals surface area (Å²) < 4.78 is 8.41. The maximum atomic E-state index is 6.20. The van der Waals surface area contributed by atoms with Gasteiger partial charge in [-0.2, -0.15) is 8.75 Å². The predicted octanol–water partition coefficient (Wildman–Crippen LogP) is 4.32. The lowest BCUT2D eigenvalue weighted by Crippen LogP contribution is -1.98. The van der Waals surface area contributed by atoms with Crippen LogP contribution in [0.3, 0.4) is 0 Å². The molecule has 0 aliphatic carbocycles. The Morgan fingerprint density at radius 1 is 1.05 bits per heavy atom. The Morgan fingerprint density at radius 3 is 2.74 bits per heavy atom. The third-order valence-corrected chi connectivity index (χ3v) is 3.88. The van der Waals surface area contributed by atoms with Gasteiger partial charge in [0.2, 0.25) is 0 Å². The molecule has 3 N–H and O–H groups in total. The van der Waals surface area contributed by atoms with Crippen molar-refractivity contribution in [3.05, 3.63) is 40.4 Å². The molecule has 0 fully saturated rings. The normalized spacial score (nSPS) is 10.8. The van der Waals surface area contributed by atoms with Crippen LogP contribution in [-0.4, -0.2) is 8.75 Å². The van der Waals surface area contributed by atoms with Crippen molar-refractivity contribution < 1.29 is 0 Å². The first-order valence-electron chi connectivity index (χ1n) is 5.38. The Morgan fingerprint density at radius 2 is 1.89 bits per heavy atom. The minimum Gasteiger partial charge on any atom is -0.396 e. The van der Waals surface area contributed by atoms with Crippen LogP contribution in [0.4, 0.5) is 17.1 Å². The molecule has 0 saturated carbocycles. The summed E-state index contributed by atoms with van der Waals surface area (Å²) in [4.78, 5) is 0. The molecule has 0 radical (unpaired) electrons. The average Bonchev–Trinajstić information content (AvgIpc) is 2.86. The zero-order valence-electron chi connectivity index (χ0n) is 9.52. The fourth-order valence-corrected chi connectivity index (χ4v) is 2.64. The number of benzene rings is 2. The zero-order valence-corrected chi connectivity index (χ0v) is 11.9. The number of aromatic nitrogens is 2. The van der Waals surface area contributed by atoms with Gasteiger partial charge in [0.1, 0.15) is 11.0 Å². The lowest BCUT2D eigenvalue weighted by atomic mass is 10.2. The standard InChI is InChI=1S/C12H8Cl2N4S/c13-6-2-1-3-8(10(6)15)16-11-7(14)4-5-9-12(11)18-19-17-9/h1-5,16H,15H2. The molecular weight excluding hydrogens is 303 g/mol. The smallest absolute Gasteiger partial charge is 0.129 e. The Labute approximate surface area is 123 Å². The summed E-state index contributed by atoms with van der Waals surface area (Å²) in [5.41, 5.74) is 9.28. The van der Waals surface area contributed by atoms with E-state index in [0.717, 1.165) is 22.8 Å². The molecule has 2 aromatic carbocycles. The Bertz CT molecular complexity index is 757. The fraction of sp³-hybridized carbons (Fsp3) is 0. The number of para-hydroxylation sites is 1. The summed E-state index contributed by atoms with van der Waals surface area (Å²) in [6, 6.07) is 8.97. The van der Waals surface area contributed by atoms with Crippen LogP contribution in [0.2, 0.25) is 10.0 Å². The molecule has 0 aliphatic rings. The van der Waals surface area contributed by atoms with Gasteiger partial charge in [-0.3, -0.25) is 0 Å². The van der Waals surface area contributed by atoms with Crippen LogP contribution < -0.4 is 11.1 Å². The van der Waals surface area contributed by atoms with Gasteiger partial charge in [-0.15, -0.1) is 0 Å². The molecule has 0 spiro atoms. The van der Waals surface area contributed by atoms with E-state index in [1.54, 1.807) is 12.1 Å². The highest BCUT2D eigenvalue weighted by Gasteiger charge is 2.12. The van der Waals surface area contributed by atoms with E-state index in [-0.39, 0.29) is 0 Å². The van der Waals surface area contributed by atoms with Gasteiger partial charge in [0.25, 0.3) is 0 Å². The van der Waals surface area contributed by atoms with E-state index in [1.807, 2.05) is 18.2 Å². The van der Waals surface area contributed by atoms with E-state index in [4.69, 9.17) is 28.9 Å². The molecule has 0 atom stereocenters. The summed E-state index contributed by atoms with van der Waals surface area (Å²) in [7, 11) is 0. The minimum absolute atomic E-state index is 0.473. The second-order valence-corrected chi connectivity index (χ2v) is 5.22. The van der Waals surface area contributed by atoms with E-state index < -0.39 is 0 Å². The van der Waals surface area contributed by atoms with Gasteiger partial charge in [-0.05, 0) is 24.3 Å². The Kier molecular flexibility index (Phi) is 3.18. The summed E-state index contributed by atoms with van der Waals surface area (Å²) in [5.74, 6) is 0. The van der Waals surface area contributed by atoms with Crippen molar-refractivity contribution in [1.82, 2.24) is 8.75 Å². The van der Waals surface area contributed by atoms with Gasteiger partial charge in [0, 0.05) is 0 Å². The highest BCUT2D eigenvalue weighted by atomic mass is 35.5. The van der Waals surface area contributed by atoms with Crippen molar-refractivity contribution in [3.63, 3.8) is 0 Å². The third-order valence-electron chi connectivity index (χ3n) is 2.69. The van der Waals surface area contributed by atoms with E-state index in [0.29, 0.717) is 27.1 Å². The van der Waals surface area contributed by atoms with E-state index in [2.05, 4.69) is 14.1 Å². The largest absolute Gasteiger partial charge is 0.396 e. The number of fused-ring (bicyclic) bond motifs is 1. The molecule has 4 nitrogen and oxygen atoms in total. The first kappa shape index (κ1) is 12.5. The molecule has 0 bridgehead atoms. The fourth-order valence-electron chi connectivity index (χ4n) is 1.73. The second-order valence-electron chi connectivity index (χ2n) is 3.88. The minimum atomic E-state index is 0.473. The van der Waals surface area contributed by atoms with E-state index in [9.17, 15) is 0 Å². The maximum absolute atomic E-state index is 6.20. The maximum Gasteiger partial charge on any atom is 0.129 e. The second kappa shape index (κ2) is 4.85. The summed E-state index contributed by atoms with van der Waals surface area (Å²) in [6.07, 6.45) is 0. The summed E-state index contributed by atoms with van der Waals surface area (Å²) in [5, 5.41) is 4.22. The number of anilines is 3. The molecule has 19 heavy (non-hydrogen) atoms. The molecule has 96 valence electrons. The van der Waals surface area contributed by atoms with Crippen molar-refractivity contribution in [2.24, 2.45) is 0 Å². The average molecular weight is 311 g/mol. The van der Waals surface area contributed by atoms with Crippen LogP contribution in [0, 0.1) is 0 Å². The van der Waals surface area contributed by atoms with E-state index >= 15 is 0 Å². The molecule has 3 aromatic rings. The van der Waals surface area contributed by atoms with Gasteiger partial charge in [-0.25, -0.2) is 0 Å². The first-order valence-corrected chi connectivity index (χ1v) is 6.87. The summed E-state index contributed by atoms with van der Waals surface area (Å²) >= 11 is 13.3. The Balaban J connectivity index is 2.13. The molecule has 0 amide bonds. The highest BCUT2D eigenvalue weighted by molar-refractivity contribution is 7.00. The van der Waals surface area contributed by atoms with Crippen molar-refractivity contribution >= 4 is 63.0 Å². The number of hydrogen-bond acceptors (Lipinski definition) is 5. The van der Waals surface area contributed by atoms with Crippen LogP contribution >= 0.6 is 34.9 Å². The number of rotatable bonds is 2. The van der Waals surface area contributed by atoms with Gasteiger partial charge in [-0.1, -0.05) is 29.3 Å². The van der Waals surface area contributed by atoms with Gasteiger partial charge < -0.3 is 11.1 Å². The van der Waals surface area contributed by atoms with Crippen LogP contribution in [0.15, 0.2) is 30.3 Å². The van der Waals surface area contributed by atoms with Crippen molar-refractivity contribution in [1.29, 1.82) is 0 Å². The van der Waals surface area contributed by atoms with Crippen molar-refractivity contribution in [3.8, 4) is 0 Å². The number of nitrogens with zero attached hydrogens (tertiary/aromatic N) is 2. The predicted molar refractivity (Wildman–Crippen MR) is 81.6 cm³/mol. The topological polar surface area (TPSA) is 63.8 Å². The molecule has 3 rings (SSSR count). The van der Waals surface area contributed by atoms with Gasteiger partial charge >= 0.3 is 0 Å². The van der Waals surface area contributed by atoms with E-state index in [1.165, 1.54) is 0 Å². The quantitative estimate of drug-likeness (QED) is 0.692. The van der Waals surface area contributed by atoms with Crippen LogP contribution in [0.5, 0.6) is 0 Å². The third kappa shape index (κ3) is 2.20. The molecule has 1 heterocycles. The molecular formula is C12H8Cl2N4S. The number of nitrogens with two attached hydrogens (primary N) is 1. The van der Waals surface area contributed by atoms with Crippen molar-refractivity contribution in [2.75, 3.05) is 11.1 Å². The Hall–Kier alpha value is -1.56. The molecule has 0 aliphatic heterocycles. The van der Waals surface area contributed by atoms with Gasteiger partial charge in [0.15, 0.2) is 0 Å². The van der Waals surface area contributed by atoms with Crippen molar-refractivity contribution in [2.45, 2.75) is 0 Å². The number of nitrogen functional groups attached to an aromatic ring is 1. The lowest BCUT2D eigenvalue weighted by molar-refractivity contribution is 1.54. The highest BCUT2D eigenvalue weighted by Crippen LogP contribution is 2.35. The molecule has 7 heteroatoms. The SMILES string of the molecule is Nc1c(Cl)cccc1Nc1c(Cl)ccc2nsnc12. The van der Waals surface area contributed by atoms with Crippen LogP contribution in [0.25, 0.3) is 11.0 Å². The summed E-state index contributed by atoms with van der Waals surface area (Å²) in [6.45, 7) is 0. The number of hydrogen-bond donors (Lipinski definition) is 2. The molecule has 1 aromatic heterocycles. The number of nitrogens with one attached hydrogen (secondary N) is 1.